The van der Waals surface area contributed by atoms with Crippen LogP contribution in [-0.2, 0) is 33.6 Å². The summed E-state index contributed by atoms with van der Waals surface area (Å²) in [6.45, 7) is -0.534. The summed E-state index contributed by atoms with van der Waals surface area (Å²) < 4.78 is 10.4. The van der Waals surface area contributed by atoms with Gasteiger partial charge in [0.2, 0.25) is 0 Å². The van der Waals surface area contributed by atoms with Gasteiger partial charge in [0, 0.05) is 11.3 Å². The summed E-state index contributed by atoms with van der Waals surface area (Å²) in [5, 5.41) is 15.5. The van der Waals surface area contributed by atoms with E-state index < -0.39 is 30.4 Å². The minimum atomic E-state index is -1.02. The predicted octanol–water partition coefficient (Wildman–Crippen LogP) is 4.00. The molecule has 3 aromatic rings. The monoisotopic (exact) mass is 491 g/mol. The number of nitrogens with zero attached hydrogens (tertiary/aromatic N) is 1. The fourth-order valence-corrected chi connectivity index (χ4v) is 5.29. The van der Waals surface area contributed by atoms with Gasteiger partial charge in [-0.1, -0.05) is 36.8 Å². The zero-order valence-electron chi connectivity index (χ0n) is 19.0. The molecule has 1 atom stereocenters. The van der Waals surface area contributed by atoms with Crippen molar-refractivity contribution >= 4 is 34.1 Å². The lowest BCUT2D eigenvalue weighted by Gasteiger charge is -2.17. The maximum Gasteiger partial charge on any atom is 0.329 e. The van der Waals surface area contributed by atoms with Gasteiger partial charge < -0.3 is 19.8 Å². The molecule has 4 rings (SSSR count). The van der Waals surface area contributed by atoms with Gasteiger partial charge in [0.15, 0.2) is 12.4 Å². The summed E-state index contributed by atoms with van der Waals surface area (Å²) in [6.07, 6.45) is 6.50. The van der Waals surface area contributed by atoms with Crippen LogP contribution in [0.15, 0.2) is 53.1 Å². The van der Waals surface area contributed by atoms with Gasteiger partial charge in [0.05, 0.1) is 11.8 Å². The van der Waals surface area contributed by atoms with E-state index >= 15 is 0 Å². The van der Waals surface area contributed by atoms with Gasteiger partial charge in [-0.15, -0.1) is 11.3 Å². The van der Waals surface area contributed by atoms with Crippen molar-refractivity contribution in [2.45, 2.75) is 44.6 Å². The molecule has 0 bridgehead atoms. The van der Waals surface area contributed by atoms with Gasteiger partial charge >= 0.3 is 5.97 Å². The highest BCUT2D eigenvalue weighted by Crippen LogP contribution is 2.36. The Morgan fingerprint density at radius 1 is 1.09 bits per heavy atom. The molecule has 2 heterocycles. The highest BCUT2D eigenvalue weighted by molar-refractivity contribution is 7.16. The van der Waals surface area contributed by atoms with E-state index in [2.05, 4.69) is 16.7 Å². The molecule has 2 aromatic heterocycles. The molecule has 0 saturated carbocycles. The number of carbonyl (C=O) groups excluding carboxylic acids is 3. The van der Waals surface area contributed by atoms with Crippen LogP contribution < -0.4 is 10.6 Å². The number of aryl methyl sites for hydroxylation is 1. The largest absolute Gasteiger partial charge is 0.459 e. The summed E-state index contributed by atoms with van der Waals surface area (Å²) in [5.74, 6) is -1.78. The molecule has 0 spiro atoms. The summed E-state index contributed by atoms with van der Waals surface area (Å²) >= 11 is 1.42. The smallest absolute Gasteiger partial charge is 0.329 e. The maximum atomic E-state index is 12.8. The van der Waals surface area contributed by atoms with Crippen molar-refractivity contribution in [1.82, 2.24) is 5.32 Å². The molecule has 1 unspecified atom stereocenters. The highest BCUT2D eigenvalue weighted by Gasteiger charge is 2.26. The third-order valence-electron chi connectivity index (χ3n) is 5.75. The number of amides is 2. The molecular formula is C26H25N3O5S. The normalized spacial score (nSPS) is 13.6. The van der Waals surface area contributed by atoms with Gasteiger partial charge in [-0.25, -0.2) is 4.79 Å². The van der Waals surface area contributed by atoms with Crippen molar-refractivity contribution in [2.75, 3.05) is 11.9 Å². The van der Waals surface area contributed by atoms with Gasteiger partial charge in [0.1, 0.15) is 17.1 Å². The molecule has 0 saturated heterocycles. The first-order valence-electron chi connectivity index (χ1n) is 11.4. The Balaban J connectivity index is 1.40. The number of thiophene rings is 1. The molecular weight excluding hydrogens is 466 g/mol. The van der Waals surface area contributed by atoms with Crippen molar-refractivity contribution in [3.8, 4) is 6.07 Å². The third kappa shape index (κ3) is 6.16. The van der Waals surface area contributed by atoms with E-state index in [9.17, 15) is 19.6 Å². The highest BCUT2D eigenvalue weighted by atomic mass is 32.1. The molecule has 0 fully saturated rings. The van der Waals surface area contributed by atoms with E-state index in [1.54, 1.807) is 6.07 Å². The second-order valence-electron chi connectivity index (χ2n) is 8.23. The van der Waals surface area contributed by atoms with Crippen LogP contribution in [0.5, 0.6) is 0 Å². The molecule has 1 aliphatic carbocycles. The molecule has 35 heavy (non-hydrogen) atoms. The summed E-state index contributed by atoms with van der Waals surface area (Å²) in [6, 6.07) is 13.4. The van der Waals surface area contributed by atoms with Crippen LogP contribution in [0, 0.1) is 11.3 Å². The van der Waals surface area contributed by atoms with Crippen LogP contribution in [-0.4, -0.2) is 30.4 Å². The van der Waals surface area contributed by atoms with Crippen molar-refractivity contribution in [3.05, 3.63) is 76.1 Å². The van der Waals surface area contributed by atoms with Crippen LogP contribution >= 0.6 is 11.3 Å². The molecule has 0 aliphatic heterocycles. The maximum absolute atomic E-state index is 12.8. The first kappa shape index (κ1) is 24.2. The number of esters is 1. The number of hydrogen-bond donors (Lipinski definition) is 2. The lowest BCUT2D eigenvalue weighted by atomic mass is 10.1. The summed E-state index contributed by atoms with van der Waals surface area (Å²) in [5.41, 5.74) is 2.34. The topological polar surface area (TPSA) is 121 Å². The van der Waals surface area contributed by atoms with E-state index in [4.69, 9.17) is 9.15 Å². The fraction of sp³-hybridized carbons (Fsp3) is 0.308. The molecule has 0 radical (unpaired) electrons. The Morgan fingerprint density at radius 3 is 2.63 bits per heavy atom. The molecule has 9 heteroatoms. The van der Waals surface area contributed by atoms with Crippen molar-refractivity contribution in [3.63, 3.8) is 0 Å². The zero-order chi connectivity index (χ0) is 24.6. The van der Waals surface area contributed by atoms with Crippen LogP contribution in [0.3, 0.4) is 0 Å². The van der Waals surface area contributed by atoms with E-state index in [0.29, 0.717) is 10.6 Å². The van der Waals surface area contributed by atoms with E-state index in [0.717, 1.165) is 48.1 Å². The number of furan rings is 1. The minimum absolute atomic E-state index is 0.0649. The number of anilines is 1. The third-order valence-corrected chi connectivity index (χ3v) is 6.96. The average molecular weight is 492 g/mol. The average Bonchev–Trinajstić information content (AvgIpc) is 3.45. The molecule has 2 amide bonds. The van der Waals surface area contributed by atoms with Gasteiger partial charge in [-0.2, -0.15) is 5.26 Å². The summed E-state index contributed by atoms with van der Waals surface area (Å²) in [4.78, 5) is 39.0. The number of hydrogen-bond acceptors (Lipinski definition) is 7. The number of fused-ring (bicyclic) bond motifs is 1. The SMILES string of the molecule is N#Cc1c(NC(=O)COC(=O)C(Cc2ccccc2)NC(=O)c2ccco2)sc2c1CCCCC2. The van der Waals surface area contributed by atoms with E-state index in [1.807, 2.05) is 30.3 Å². The standard InChI is InChI=1S/C26H25N3O5S/c27-15-19-18-10-5-2-6-12-22(18)35-25(19)29-23(30)16-34-26(32)20(14-17-8-3-1-4-9-17)28-24(31)21-11-7-13-33-21/h1,3-4,7-9,11,13,20H,2,5-6,10,12,14,16H2,(H,28,31)(H,29,30). The number of ether oxygens (including phenoxy) is 1. The second-order valence-corrected chi connectivity index (χ2v) is 9.33. The Bertz CT molecular complexity index is 1230. The number of rotatable bonds is 8. The quantitative estimate of drug-likeness (QED) is 0.363. The second kappa shape index (κ2) is 11.5. The number of nitrogens with one attached hydrogen (secondary N) is 2. The number of benzene rings is 1. The molecule has 1 aromatic carbocycles. The molecule has 1 aliphatic rings. The van der Waals surface area contributed by atoms with Crippen molar-refractivity contribution in [2.24, 2.45) is 0 Å². The first-order valence-corrected chi connectivity index (χ1v) is 12.3. The van der Waals surface area contributed by atoms with Gasteiger partial charge in [-0.3, -0.25) is 9.59 Å². The van der Waals surface area contributed by atoms with Crippen LogP contribution in [0.2, 0.25) is 0 Å². The van der Waals surface area contributed by atoms with Crippen LogP contribution in [0.1, 0.15) is 51.4 Å². The zero-order valence-corrected chi connectivity index (χ0v) is 19.9. The lowest BCUT2D eigenvalue weighted by Crippen LogP contribution is -2.44. The summed E-state index contributed by atoms with van der Waals surface area (Å²) in [7, 11) is 0. The van der Waals surface area contributed by atoms with Gasteiger partial charge in [0.25, 0.3) is 11.8 Å². The van der Waals surface area contributed by atoms with Crippen LogP contribution in [0.4, 0.5) is 5.00 Å². The Kier molecular flexibility index (Phi) is 7.95. The van der Waals surface area contributed by atoms with E-state index in [-0.39, 0.29) is 12.2 Å². The molecule has 180 valence electrons. The number of carbonyl (C=O) groups is 3. The van der Waals surface area contributed by atoms with E-state index in [1.165, 1.54) is 23.7 Å². The minimum Gasteiger partial charge on any atom is -0.459 e. The Labute approximate surface area is 206 Å². The Morgan fingerprint density at radius 2 is 1.89 bits per heavy atom. The first-order chi connectivity index (χ1) is 17.0. The Hall–Kier alpha value is -3.90. The van der Waals surface area contributed by atoms with Crippen molar-refractivity contribution < 1.29 is 23.5 Å². The fourth-order valence-electron chi connectivity index (χ4n) is 4.03. The lowest BCUT2D eigenvalue weighted by molar-refractivity contribution is -0.149. The molecule has 8 nitrogen and oxygen atoms in total. The van der Waals surface area contributed by atoms with Crippen molar-refractivity contribution in [1.29, 1.82) is 5.26 Å². The molecule has 2 N–H and O–H groups in total. The van der Waals surface area contributed by atoms with Gasteiger partial charge in [-0.05, 0) is 48.9 Å². The number of nitriles is 1. The van der Waals surface area contributed by atoms with Crippen LogP contribution in [0.25, 0.3) is 0 Å². The predicted molar refractivity (Wildman–Crippen MR) is 130 cm³/mol.